The zero-order valence-corrected chi connectivity index (χ0v) is 17.6. The lowest BCUT2D eigenvalue weighted by molar-refractivity contribution is -0.130. The molecule has 6 nitrogen and oxygen atoms in total. The quantitative estimate of drug-likeness (QED) is 0.832. The van der Waals surface area contributed by atoms with Crippen molar-refractivity contribution in [3.63, 3.8) is 0 Å². The van der Waals surface area contributed by atoms with E-state index in [0.717, 1.165) is 68.7 Å². The maximum Gasteiger partial charge on any atom is 0.220 e. The van der Waals surface area contributed by atoms with Crippen molar-refractivity contribution in [1.29, 1.82) is 0 Å². The number of aromatic nitrogens is 2. The molecule has 154 valence electrons. The van der Waals surface area contributed by atoms with Crippen LogP contribution in [-0.4, -0.2) is 57.9 Å². The van der Waals surface area contributed by atoms with Crippen LogP contribution in [0.5, 0.6) is 0 Å². The minimum Gasteiger partial charge on any atom is -0.368 e. The molecule has 0 spiro atoms. The molecule has 1 aromatic heterocycles. The Hall–Kier alpha value is -2.18. The number of hydrogen-bond acceptors (Lipinski definition) is 5. The van der Waals surface area contributed by atoms with Crippen molar-refractivity contribution in [3.05, 3.63) is 41.2 Å². The van der Waals surface area contributed by atoms with E-state index in [4.69, 9.17) is 17.3 Å². The maximum absolute atomic E-state index is 11.6. The van der Waals surface area contributed by atoms with Crippen molar-refractivity contribution < 1.29 is 4.79 Å². The Morgan fingerprint density at radius 2 is 1.86 bits per heavy atom. The van der Waals surface area contributed by atoms with Crippen LogP contribution in [0, 0.1) is 0 Å². The standard InChI is InChI=1S/C22H28ClN5O/c1-15(29)27-11-8-19(9-12-27)28-10-2-3-17(14-28)21-20(13-25-22(24)26-21)16-4-6-18(23)7-5-16/h4-7,13,17,19H,2-3,8-12,14H2,1H3,(H2,24,25,26). The van der Waals surface area contributed by atoms with Crippen molar-refractivity contribution in [3.8, 4) is 11.1 Å². The number of amides is 1. The summed E-state index contributed by atoms with van der Waals surface area (Å²) in [6.45, 7) is 5.46. The first-order valence-corrected chi connectivity index (χ1v) is 10.8. The molecule has 29 heavy (non-hydrogen) atoms. The summed E-state index contributed by atoms with van der Waals surface area (Å²) in [6.07, 6.45) is 6.16. The number of carbonyl (C=O) groups is 1. The van der Waals surface area contributed by atoms with Crippen molar-refractivity contribution in [1.82, 2.24) is 19.8 Å². The van der Waals surface area contributed by atoms with E-state index < -0.39 is 0 Å². The van der Waals surface area contributed by atoms with Crippen molar-refractivity contribution in [2.24, 2.45) is 0 Å². The second-order valence-electron chi connectivity index (χ2n) is 8.11. The van der Waals surface area contributed by atoms with Crippen LogP contribution in [0.4, 0.5) is 5.95 Å². The summed E-state index contributed by atoms with van der Waals surface area (Å²) >= 11 is 6.07. The van der Waals surface area contributed by atoms with Gasteiger partial charge in [-0.15, -0.1) is 0 Å². The summed E-state index contributed by atoms with van der Waals surface area (Å²) in [7, 11) is 0. The zero-order valence-electron chi connectivity index (χ0n) is 16.9. The van der Waals surface area contributed by atoms with Crippen LogP contribution < -0.4 is 5.73 Å². The molecular formula is C22H28ClN5O. The van der Waals surface area contributed by atoms with Gasteiger partial charge in [-0.3, -0.25) is 9.69 Å². The highest BCUT2D eigenvalue weighted by atomic mass is 35.5. The second kappa shape index (κ2) is 8.67. The van der Waals surface area contributed by atoms with E-state index in [2.05, 4.69) is 14.9 Å². The van der Waals surface area contributed by atoms with Crippen LogP contribution >= 0.6 is 11.6 Å². The highest BCUT2D eigenvalue weighted by molar-refractivity contribution is 6.30. The van der Waals surface area contributed by atoms with Gasteiger partial charge >= 0.3 is 0 Å². The molecule has 0 bridgehead atoms. The van der Waals surface area contributed by atoms with Crippen molar-refractivity contribution >= 4 is 23.5 Å². The number of hydrogen-bond donors (Lipinski definition) is 1. The molecular weight excluding hydrogens is 386 g/mol. The van der Waals surface area contributed by atoms with Gasteiger partial charge in [0.2, 0.25) is 11.9 Å². The largest absolute Gasteiger partial charge is 0.368 e. The fraction of sp³-hybridized carbons (Fsp3) is 0.500. The van der Waals surface area contributed by atoms with Gasteiger partial charge in [-0.1, -0.05) is 23.7 Å². The molecule has 4 rings (SSSR count). The Labute approximate surface area is 177 Å². The summed E-state index contributed by atoms with van der Waals surface area (Å²) in [4.78, 5) is 25.1. The van der Waals surface area contributed by atoms with Crippen molar-refractivity contribution in [2.45, 2.75) is 44.6 Å². The Morgan fingerprint density at radius 1 is 1.14 bits per heavy atom. The summed E-state index contributed by atoms with van der Waals surface area (Å²) in [5.41, 5.74) is 9.10. The fourth-order valence-electron chi connectivity index (χ4n) is 4.68. The van der Waals surface area contributed by atoms with Gasteiger partial charge in [0.05, 0.1) is 5.69 Å². The lowest BCUT2D eigenvalue weighted by Crippen LogP contribution is -2.49. The summed E-state index contributed by atoms with van der Waals surface area (Å²) < 4.78 is 0. The highest BCUT2D eigenvalue weighted by Crippen LogP contribution is 2.35. The van der Waals surface area contributed by atoms with Crippen LogP contribution in [-0.2, 0) is 4.79 Å². The molecule has 7 heteroatoms. The monoisotopic (exact) mass is 413 g/mol. The molecule has 0 aliphatic carbocycles. The lowest BCUT2D eigenvalue weighted by Gasteiger charge is -2.42. The Kier molecular flexibility index (Phi) is 6.01. The van der Waals surface area contributed by atoms with E-state index in [9.17, 15) is 4.79 Å². The molecule has 2 fully saturated rings. The van der Waals surface area contributed by atoms with Gasteiger partial charge in [-0.05, 0) is 49.9 Å². The third-order valence-corrected chi connectivity index (χ3v) is 6.51. The molecule has 2 N–H and O–H groups in total. The van der Waals surface area contributed by atoms with E-state index in [1.165, 1.54) is 0 Å². The number of halogens is 1. The molecule has 2 aliphatic heterocycles. The predicted octanol–water partition coefficient (Wildman–Crippen LogP) is 3.57. The van der Waals surface area contributed by atoms with Crippen LogP contribution in [0.15, 0.2) is 30.5 Å². The van der Waals surface area contributed by atoms with Gasteiger partial charge in [-0.25, -0.2) is 9.97 Å². The SMILES string of the molecule is CC(=O)N1CCC(N2CCCC(c3nc(N)ncc3-c3ccc(Cl)cc3)C2)CC1. The van der Waals surface area contributed by atoms with Gasteiger partial charge in [0.15, 0.2) is 0 Å². The van der Waals surface area contributed by atoms with Gasteiger partial charge in [0, 0.05) is 55.3 Å². The van der Waals surface area contributed by atoms with Gasteiger partial charge in [-0.2, -0.15) is 0 Å². The summed E-state index contributed by atoms with van der Waals surface area (Å²) in [6, 6.07) is 8.35. The van der Waals surface area contributed by atoms with Gasteiger partial charge in [0.25, 0.3) is 0 Å². The van der Waals surface area contributed by atoms with Crippen LogP contribution in [0.25, 0.3) is 11.1 Å². The number of rotatable bonds is 3. The summed E-state index contributed by atoms with van der Waals surface area (Å²) in [5.74, 6) is 0.833. The number of carbonyl (C=O) groups excluding carboxylic acids is 1. The number of anilines is 1. The first kappa shape index (κ1) is 20.1. The lowest BCUT2D eigenvalue weighted by atomic mass is 9.88. The van der Waals surface area contributed by atoms with E-state index in [-0.39, 0.29) is 5.91 Å². The van der Waals surface area contributed by atoms with E-state index in [1.54, 1.807) is 6.92 Å². The van der Waals surface area contributed by atoms with Crippen LogP contribution in [0.1, 0.15) is 44.2 Å². The smallest absolute Gasteiger partial charge is 0.220 e. The normalized spacial score (nSPS) is 21.3. The van der Waals surface area contributed by atoms with E-state index in [1.807, 2.05) is 35.4 Å². The highest BCUT2D eigenvalue weighted by Gasteiger charge is 2.31. The Bertz CT molecular complexity index is 864. The topological polar surface area (TPSA) is 75.4 Å². The number of nitrogen functional groups attached to an aromatic ring is 1. The molecule has 3 heterocycles. The third-order valence-electron chi connectivity index (χ3n) is 6.26. The molecule has 2 aliphatic rings. The average Bonchev–Trinajstić information content (AvgIpc) is 2.74. The van der Waals surface area contributed by atoms with Crippen LogP contribution in [0.3, 0.4) is 0 Å². The molecule has 2 saturated heterocycles. The van der Waals surface area contributed by atoms with E-state index in [0.29, 0.717) is 22.9 Å². The number of benzene rings is 1. The molecule has 1 atom stereocenters. The molecule has 1 aromatic carbocycles. The van der Waals surface area contributed by atoms with Gasteiger partial charge in [0.1, 0.15) is 0 Å². The molecule has 0 saturated carbocycles. The number of nitrogens with two attached hydrogens (primary N) is 1. The number of piperidine rings is 2. The second-order valence-corrected chi connectivity index (χ2v) is 8.54. The van der Waals surface area contributed by atoms with Gasteiger partial charge < -0.3 is 10.6 Å². The first-order chi connectivity index (χ1) is 14.0. The number of likely N-dealkylation sites (tertiary alicyclic amines) is 2. The first-order valence-electron chi connectivity index (χ1n) is 10.4. The molecule has 1 amide bonds. The van der Waals surface area contributed by atoms with E-state index >= 15 is 0 Å². The fourth-order valence-corrected chi connectivity index (χ4v) is 4.81. The molecule has 2 aromatic rings. The molecule has 0 radical (unpaired) electrons. The average molecular weight is 414 g/mol. The minimum absolute atomic E-state index is 0.184. The third kappa shape index (κ3) is 4.54. The maximum atomic E-state index is 11.6. The predicted molar refractivity (Wildman–Crippen MR) is 116 cm³/mol. The van der Waals surface area contributed by atoms with Crippen molar-refractivity contribution in [2.75, 3.05) is 31.9 Å². The summed E-state index contributed by atoms with van der Waals surface area (Å²) in [5, 5.41) is 0.715. The molecule has 1 unspecified atom stereocenters. The van der Waals surface area contributed by atoms with Crippen LogP contribution in [0.2, 0.25) is 5.02 Å². The minimum atomic E-state index is 0.184. The zero-order chi connectivity index (χ0) is 20.4. The number of nitrogens with zero attached hydrogens (tertiary/aromatic N) is 4. The Balaban J connectivity index is 1.53. The Morgan fingerprint density at radius 3 is 2.55 bits per heavy atom.